The number of amides is 2. The highest BCUT2D eigenvalue weighted by molar-refractivity contribution is 5.92. The molecule has 6 heteroatoms. The second kappa shape index (κ2) is 3.42. The molecule has 0 radical (unpaired) electrons. The number of imide groups is 1. The third-order valence-electron chi connectivity index (χ3n) is 1.71. The first-order valence-electron chi connectivity index (χ1n) is 3.70. The third-order valence-corrected chi connectivity index (χ3v) is 1.71. The van der Waals surface area contributed by atoms with Crippen molar-refractivity contribution < 1.29 is 24.2 Å². The zero-order valence-corrected chi connectivity index (χ0v) is 7.02. The summed E-state index contributed by atoms with van der Waals surface area (Å²) in [5.74, 6) is -1.55. The zero-order chi connectivity index (χ0) is 10.0. The highest BCUT2D eigenvalue weighted by Gasteiger charge is 2.37. The number of nitrogens with zero attached hydrogens (tertiary/aromatic N) is 1. The van der Waals surface area contributed by atoms with Crippen molar-refractivity contribution in [3.63, 3.8) is 0 Å². The van der Waals surface area contributed by atoms with Crippen molar-refractivity contribution in [1.82, 2.24) is 4.90 Å². The fraction of sp³-hybridized carbons (Fsp3) is 0.571. The number of hydrogen-bond donors (Lipinski definition) is 1. The van der Waals surface area contributed by atoms with E-state index in [1.165, 1.54) is 6.92 Å². The quantitative estimate of drug-likeness (QED) is 0.648. The molecule has 1 atom stereocenters. The summed E-state index contributed by atoms with van der Waals surface area (Å²) in [5, 5.41) is 8.45. The van der Waals surface area contributed by atoms with Gasteiger partial charge in [-0.25, -0.2) is 9.69 Å². The molecule has 1 aliphatic rings. The van der Waals surface area contributed by atoms with E-state index in [1.54, 1.807) is 0 Å². The molecule has 1 heterocycles. The minimum atomic E-state index is -1.06. The highest BCUT2D eigenvalue weighted by atomic mass is 16.6. The van der Waals surface area contributed by atoms with E-state index >= 15 is 0 Å². The Morgan fingerprint density at radius 3 is 2.77 bits per heavy atom. The zero-order valence-electron chi connectivity index (χ0n) is 7.02. The fourth-order valence-corrected chi connectivity index (χ4v) is 1.20. The molecule has 1 fully saturated rings. The van der Waals surface area contributed by atoms with E-state index in [9.17, 15) is 14.4 Å². The van der Waals surface area contributed by atoms with Crippen LogP contribution in [0.2, 0.25) is 0 Å². The number of ether oxygens (including phenoxy) is 1. The first kappa shape index (κ1) is 9.50. The second-order valence-electron chi connectivity index (χ2n) is 2.72. The van der Waals surface area contributed by atoms with E-state index in [0.717, 1.165) is 4.90 Å². The van der Waals surface area contributed by atoms with Crippen molar-refractivity contribution in [2.75, 3.05) is 6.61 Å². The van der Waals surface area contributed by atoms with Crippen LogP contribution in [-0.2, 0) is 14.3 Å². The van der Waals surface area contributed by atoms with Crippen molar-refractivity contribution >= 4 is 18.0 Å². The summed E-state index contributed by atoms with van der Waals surface area (Å²) in [4.78, 5) is 32.9. The van der Waals surface area contributed by atoms with Crippen LogP contribution in [0.4, 0.5) is 4.79 Å². The Balaban J connectivity index is 2.69. The molecule has 0 aliphatic carbocycles. The van der Waals surface area contributed by atoms with E-state index in [-0.39, 0.29) is 13.0 Å². The Morgan fingerprint density at radius 2 is 2.31 bits per heavy atom. The Labute approximate surface area is 74.1 Å². The van der Waals surface area contributed by atoms with Crippen molar-refractivity contribution in [2.24, 2.45) is 0 Å². The Kier molecular flexibility index (Phi) is 2.50. The number of carbonyl (C=O) groups is 3. The number of carboxylic acid groups (broad SMARTS) is 1. The van der Waals surface area contributed by atoms with E-state index in [4.69, 9.17) is 5.11 Å². The molecule has 13 heavy (non-hydrogen) atoms. The lowest BCUT2D eigenvalue weighted by Gasteiger charge is -2.15. The Hall–Kier alpha value is -1.59. The maximum Gasteiger partial charge on any atom is 0.416 e. The van der Waals surface area contributed by atoms with Crippen LogP contribution in [0.15, 0.2) is 0 Å². The summed E-state index contributed by atoms with van der Waals surface area (Å²) in [6, 6.07) is -0.664. The number of hydrogen-bond acceptors (Lipinski definition) is 4. The molecule has 6 nitrogen and oxygen atoms in total. The monoisotopic (exact) mass is 187 g/mol. The van der Waals surface area contributed by atoms with Gasteiger partial charge in [0.15, 0.2) is 0 Å². The van der Waals surface area contributed by atoms with Crippen molar-refractivity contribution in [3.8, 4) is 0 Å². The lowest BCUT2D eigenvalue weighted by Crippen LogP contribution is -2.38. The normalized spacial score (nSPS) is 21.5. The first-order chi connectivity index (χ1) is 6.02. The molecule has 0 aromatic carbocycles. The molecule has 72 valence electrons. The summed E-state index contributed by atoms with van der Waals surface area (Å²) < 4.78 is 4.54. The number of carboxylic acids is 1. The largest absolute Gasteiger partial charge is 0.481 e. The van der Waals surface area contributed by atoms with Crippen LogP contribution < -0.4 is 0 Å². The van der Waals surface area contributed by atoms with Crippen LogP contribution in [-0.4, -0.2) is 40.6 Å². The van der Waals surface area contributed by atoms with Gasteiger partial charge in [0.2, 0.25) is 5.91 Å². The summed E-state index contributed by atoms with van der Waals surface area (Å²) >= 11 is 0. The predicted octanol–water partition coefficient (Wildman–Crippen LogP) is -0.172. The smallest absolute Gasteiger partial charge is 0.416 e. The molecule has 0 bridgehead atoms. The van der Waals surface area contributed by atoms with Gasteiger partial charge in [0.1, 0.15) is 6.61 Å². The molecule has 2 amide bonds. The van der Waals surface area contributed by atoms with Crippen LogP contribution in [0.1, 0.15) is 13.3 Å². The Bertz CT molecular complexity index is 262. The second-order valence-corrected chi connectivity index (χ2v) is 2.72. The Morgan fingerprint density at radius 1 is 1.69 bits per heavy atom. The number of cyclic esters (lactones) is 1. The predicted molar refractivity (Wildman–Crippen MR) is 39.9 cm³/mol. The van der Waals surface area contributed by atoms with Crippen LogP contribution in [0.5, 0.6) is 0 Å². The van der Waals surface area contributed by atoms with Gasteiger partial charge in [0.25, 0.3) is 0 Å². The van der Waals surface area contributed by atoms with Gasteiger partial charge in [-0.2, -0.15) is 0 Å². The van der Waals surface area contributed by atoms with Gasteiger partial charge in [-0.3, -0.25) is 9.59 Å². The lowest BCUT2D eigenvalue weighted by molar-refractivity contribution is -0.138. The van der Waals surface area contributed by atoms with E-state index in [0.29, 0.717) is 0 Å². The average Bonchev–Trinajstić information content (AvgIpc) is 2.30. The van der Waals surface area contributed by atoms with Gasteiger partial charge in [-0.05, 0) is 0 Å². The van der Waals surface area contributed by atoms with Gasteiger partial charge >= 0.3 is 12.1 Å². The number of aliphatic carboxylic acids is 1. The molecule has 0 saturated carbocycles. The molecule has 1 saturated heterocycles. The van der Waals surface area contributed by atoms with Crippen LogP contribution >= 0.6 is 0 Å². The van der Waals surface area contributed by atoms with E-state index < -0.39 is 24.0 Å². The molecular formula is C7H9NO5. The van der Waals surface area contributed by atoms with E-state index in [2.05, 4.69) is 4.74 Å². The highest BCUT2D eigenvalue weighted by Crippen LogP contribution is 2.15. The third kappa shape index (κ3) is 1.95. The first-order valence-corrected chi connectivity index (χ1v) is 3.70. The van der Waals surface area contributed by atoms with Crippen LogP contribution in [0.3, 0.4) is 0 Å². The molecule has 0 spiro atoms. The maximum atomic E-state index is 10.9. The maximum absolute atomic E-state index is 10.9. The van der Waals surface area contributed by atoms with Crippen LogP contribution in [0, 0.1) is 0 Å². The van der Waals surface area contributed by atoms with Gasteiger partial charge in [0, 0.05) is 6.92 Å². The summed E-state index contributed by atoms with van der Waals surface area (Å²) in [6.07, 6.45) is -1.04. The fourth-order valence-electron chi connectivity index (χ4n) is 1.20. The summed E-state index contributed by atoms with van der Waals surface area (Å²) in [5.41, 5.74) is 0. The average molecular weight is 187 g/mol. The lowest BCUT2D eigenvalue weighted by atomic mass is 10.2. The SMILES string of the molecule is CC(=O)N1C(=O)OC[C@@H]1CC(=O)O. The van der Waals surface area contributed by atoms with Crippen LogP contribution in [0.25, 0.3) is 0 Å². The van der Waals surface area contributed by atoms with Crippen molar-refractivity contribution in [2.45, 2.75) is 19.4 Å². The van der Waals surface area contributed by atoms with Gasteiger partial charge < -0.3 is 9.84 Å². The van der Waals surface area contributed by atoms with Crippen molar-refractivity contribution in [1.29, 1.82) is 0 Å². The molecular weight excluding hydrogens is 178 g/mol. The molecule has 1 N–H and O–H groups in total. The number of carbonyl (C=O) groups excluding carboxylic acids is 2. The topological polar surface area (TPSA) is 83.9 Å². The summed E-state index contributed by atoms with van der Waals surface area (Å²) in [6.45, 7) is 1.16. The van der Waals surface area contributed by atoms with Gasteiger partial charge in [-0.1, -0.05) is 0 Å². The van der Waals surface area contributed by atoms with Crippen molar-refractivity contribution in [3.05, 3.63) is 0 Å². The van der Waals surface area contributed by atoms with Gasteiger partial charge in [-0.15, -0.1) is 0 Å². The molecule has 1 aliphatic heterocycles. The molecule has 0 unspecified atom stereocenters. The molecule has 1 rings (SSSR count). The number of rotatable bonds is 2. The molecule has 0 aromatic heterocycles. The minimum absolute atomic E-state index is 0.0370. The summed E-state index contributed by atoms with van der Waals surface area (Å²) in [7, 11) is 0. The molecule has 0 aromatic rings. The minimum Gasteiger partial charge on any atom is -0.481 e. The van der Waals surface area contributed by atoms with E-state index in [1.807, 2.05) is 0 Å². The van der Waals surface area contributed by atoms with Gasteiger partial charge in [0.05, 0.1) is 12.5 Å². The standard InChI is InChI=1S/C7H9NO5/c1-4(9)8-5(2-6(10)11)3-13-7(8)12/h5H,2-3H2,1H3,(H,10,11)/t5-/m0/s1.